The summed E-state index contributed by atoms with van der Waals surface area (Å²) in [5.74, 6) is 0.692. The highest BCUT2D eigenvalue weighted by molar-refractivity contribution is 6.51. The lowest BCUT2D eigenvalue weighted by Crippen LogP contribution is -2.16. The first-order chi connectivity index (χ1) is 4.98. The Hall–Kier alpha value is 0.580. The van der Waals surface area contributed by atoms with Crippen LogP contribution < -0.4 is 0 Å². The third-order valence-corrected chi connectivity index (χ3v) is 4.32. The van der Waals surface area contributed by atoms with Gasteiger partial charge in [0.2, 0.25) is 0 Å². The minimum Gasteiger partial charge on any atom is -0.101 e. The Balaban J connectivity index is 2.61. The zero-order valence-electron chi connectivity index (χ0n) is 7.45. The monoisotopic (exact) mass is 194 g/mol. The molecule has 1 rings (SSSR count). The minimum atomic E-state index is -0.427. The highest BCUT2D eigenvalue weighted by atomic mass is 35.5. The minimum absolute atomic E-state index is 0.194. The van der Waals surface area contributed by atoms with Gasteiger partial charge in [-0.3, -0.25) is 0 Å². The van der Waals surface area contributed by atoms with Gasteiger partial charge in [-0.15, -0.1) is 23.2 Å². The van der Waals surface area contributed by atoms with Gasteiger partial charge >= 0.3 is 0 Å². The second kappa shape index (κ2) is 2.81. The molecule has 1 aliphatic rings. The molecule has 0 aromatic heterocycles. The van der Waals surface area contributed by atoms with Gasteiger partial charge in [0, 0.05) is 5.41 Å². The summed E-state index contributed by atoms with van der Waals surface area (Å²) in [5, 5.41) is 0. The Morgan fingerprint density at radius 1 is 1.27 bits per heavy atom. The molecule has 0 radical (unpaired) electrons. The summed E-state index contributed by atoms with van der Waals surface area (Å²) in [7, 11) is 0. The number of halogens is 2. The fourth-order valence-electron chi connectivity index (χ4n) is 2.05. The van der Waals surface area contributed by atoms with Crippen molar-refractivity contribution in [2.24, 2.45) is 11.3 Å². The largest absolute Gasteiger partial charge is 0.124 e. The molecule has 0 amide bonds. The zero-order chi connectivity index (χ0) is 8.70. The second-order valence-corrected chi connectivity index (χ2v) is 5.30. The summed E-state index contributed by atoms with van der Waals surface area (Å²) < 4.78 is -0.427. The third kappa shape index (κ3) is 1.40. The van der Waals surface area contributed by atoms with Crippen molar-refractivity contribution in [2.45, 2.75) is 44.4 Å². The highest BCUT2D eigenvalue weighted by Crippen LogP contribution is 2.68. The van der Waals surface area contributed by atoms with Crippen LogP contribution in [0.2, 0.25) is 0 Å². The molecule has 1 unspecified atom stereocenters. The topological polar surface area (TPSA) is 0 Å². The van der Waals surface area contributed by atoms with E-state index >= 15 is 0 Å². The molecule has 0 aromatic carbocycles. The van der Waals surface area contributed by atoms with Crippen molar-refractivity contribution in [3.05, 3.63) is 0 Å². The van der Waals surface area contributed by atoms with Crippen LogP contribution in [0, 0.1) is 11.3 Å². The van der Waals surface area contributed by atoms with E-state index < -0.39 is 4.33 Å². The highest BCUT2D eigenvalue weighted by Gasteiger charge is 2.65. The molecule has 0 aliphatic heterocycles. The Kier molecular flexibility index (Phi) is 2.47. The van der Waals surface area contributed by atoms with Gasteiger partial charge in [0.1, 0.15) is 4.33 Å². The van der Waals surface area contributed by atoms with Crippen LogP contribution in [0.1, 0.15) is 40.0 Å². The molecular weight excluding hydrogens is 179 g/mol. The molecule has 66 valence electrons. The molecule has 1 atom stereocenters. The van der Waals surface area contributed by atoms with Gasteiger partial charge in [0.25, 0.3) is 0 Å². The van der Waals surface area contributed by atoms with Crippen molar-refractivity contribution in [3.63, 3.8) is 0 Å². The molecule has 1 aliphatic carbocycles. The van der Waals surface area contributed by atoms with Gasteiger partial charge in [-0.1, -0.05) is 33.6 Å². The summed E-state index contributed by atoms with van der Waals surface area (Å²) in [6.45, 7) is 6.62. The maximum atomic E-state index is 6.07. The molecule has 0 aromatic rings. The number of alkyl halides is 2. The Bertz CT molecular complexity index is 150. The standard InChI is InChI=1S/C9H16Cl2/c1-4-7(5-2)8(3)6-9(8,10)11/h7H,4-6H2,1-3H3. The van der Waals surface area contributed by atoms with Crippen LogP contribution >= 0.6 is 23.2 Å². The predicted octanol–water partition coefficient (Wildman–Crippen LogP) is 4.01. The lowest BCUT2D eigenvalue weighted by molar-refractivity contribution is 0.310. The molecule has 0 saturated heterocycles. The first kappa shape index (κ1) is 9.67. The van der Waals surface area contributed by atoms with E-state index in [1.54, 1.807) is 0 Å². The van der Waals surface area contributed by atoms with E-state index in [2.05, 4.69) is 20.8 Å². The van der Waals surface area contributed by atoms with Crippen LogP contribution in [0.5, 0.6) is 0 Å². The van der Waals surface area contributed by atoms with E-state index in [9.17, 15) is 0 Å². The van der Waals surface area contributed by atoms with Crippen molar-refractivity contribution in [3.8, 4) is 0 Å². The van der Waals surface area contributed by atoms with Crippen LogP contribution in [0.15, 0.2) is 0 Å². The molecule has 0 spiro atoms. The molecule has 1 saturated carbocycles. The smallest absolute Gasteiger partial charge is 0.101 e. The van der Waals surface area contributed by atoms with E-state index in [0.29, 0.717) is 5.92 Å². The van der Waals surface area contributed by atoms with Gasteiger partial charge in [-0.25, -0.2) is 0 Å². The normalized spacial score (nSPS) is 34.4. The van der Waals surface area contributed by atoms with E-state index in [1.807, 2.05) is 0 Å². The van der Waals surface area contributed by atoms with Gasteiger partial charge in [0.15, 0.2) is 0 Å². The number of rotatable bonds is 3. The summed E-state index contributed by atoms with van der Waals surface area (Å²) >= 11 is 12.1. The van der Waals surface area contributed by atoms with E-state index in [4.69, 9.17) is 23.2 Å². The van der Waals surface area contributed by atoms with Gasteiger partial charge in [0.05, 0.1) is 0 Å². The Morgan fingerprint density at radius 2 is 1.64 bits per heavy atom. The zero-order valence-corrected chi connectivity index (χ0v) is 8.97. The first-order valence-corrected chi connectivity index (χ1v) is 5.11. The Morgan fingerprint density at radius 3 is 1.73 bits per heavy atom. The summed E-state index contributed by atoms with van der Waals surface area (Å²) in [5.41, 5.74) is 0.194. The van der Waals surface area contributed by atoms with Gasteiger partial charge in [-0.2, -0.15) is 0 Å². The molecule has 2 heteroatoms. The Labute approximate surface area is 79.3 Å². The molecule has 0 heterocycles. The van der Waals surface area contributed by atoms with Crippen LogP contribution in [-0.2, 0) is 0 Å². The predicted molar refractivity (Wildman–Crippen MR) is 51.2 cm³/mol. The summed E-state index contributed by atoms with van der Waals surface area (Å²) in [6, 6.07) is 0. The van der Waals surface area contributed by atoms with Crippen molar-refractivity contribution >= 4 is 23.2 Å². The van der Waals surface area contributed by atoms with Crippen LogP contribution in [0.4, 0.5) is 0 Å². The maximum Gasteiger partial charge on any atom is 0.124 e. The first-order valence-electron chi connectivity index (χ1n) is 4.35. The summed E-state index contributed by atoms with van der Waals surface area (Å²) in [4.78, 5) is 0. The fourth-order valence-corrected chi connectivity index (χ4v) is 2.91. The number of hydrogen-bond acceptors (Lipinski definition) is 0. The fraction of sp³-hybridized carbons (Fsp3) is 1.00. The molecule has 1 fully saturated rings. The van der Waals surface area contributed by atoms with E-state index in [0.717, 1.165) is 6.42 Å². The average Bonchev–Trinajstić information content (AvgIpc) is 2.36. The number of hydrogen-bond donors (Lipinski definition) is 0. The molecule has 0 bridgehead atoms. The van der Waals surface area contributed by atoms with E-state index in [1.165, 1.54) is 12.8 Å². The SMILES string of the molecule is CCC(CC)C1(C)CC1(Cl)Cl. The quantitative estimate of drug-likeness (QED) is 0.597. The van der Waals surface area contributed by atoms with Gasteiger partial charge < -0.3 is 0 Å². The van der Waals surface area contributed by atoms with Crippen molar-refractivity contribution in [2.75, 3.05) is 0 Å². The van der Waals surface area contributed by atoms with Crippen LogP contribution in [-0.4, -0.2) is 4.33 Å². The van der Waals surface area contributed by atoms with Gasteiger partial charge in [-0.05, 0) is 12.3 Å². The second-order valence-electron chi connectivity index (χ2n) is 3.81. The average molecular weight is 195 g/mol. The summed E-state index contributed by atoms with van der Waals surface area (Å²) in [6.07, 6.45) is 3.35. The van der Waals surface area contributed by atoms with Crippen LogP contribution in [0.25, 0.3) is 0 Å². The molecule has 0 nitrogen and oxygen atoms in total. The van der Waals surface area contributed by atoms with Crippen molar-refractivity contribution < 1.29 is 0 Å². The molecule has 11 heavy (non-hydrogen) atoms. The van der Waals surface area contributed by atoms with Crippen LogP contribution in [0.3, 0.4) is 0 Å². The van der Waals surface area contributed by atoms with E-state index in [-0.39, 0.29) is 5.41 Å². The molecule has 0 N–H and O–H groups in total. The lowest BCUT2D eigenvalue weighted by atomic mass is 9.86. The maximum absolute atomic E-state index is 6.07. The van der Waals surface area contributed by atoms with Crippen molar-refractivity contribution in [1.29, 1.82) is 0 Å². The lowest BCUT2D eigenvalue weighted by Gasteiger charge is -2.22. The third-order valence-electron chi connectivity index (χ3n) is 3.19. The molecular formula is C9H16Cl2. The van der Waals surface area contributed by atoms with Crippen molar-refractivity contribution in [1.82, 2.24) is 0 Å².